The minimum atomic E-state index is -0.794. The van der Waals surface area contributed by atoms with E-state index < -0.39 is 18.5 Å². The lowest BCUT2D eigenvalue weighted by molar-refractivity contribution is -0.156. The summed E-state index contributed by atoms with van der Waals surface area (Å²) >= 11 is 0. The van der Waals surface area contributed by atoms with Gasteiger partial charge in [-0.2, -0.15) is 5.90 Å². The number of carbonyl (C=O) groups is 2. The molecular formula is C8H13NO5. The van der Waals surface area contributed by atoms with Crippen molar-refractivity contribution in [1.29, 1.82) is 0 Å². The summed E-state index contributed by atoms with van der Waals surface area (Å²) in [6.45, 7) is 2.79. The van der Waals surface area contributed by atoms with E-state index in [1.54, 1.807) is 13.8 Å². The summed E-state index contributed by atoms with van der Waals surface area (Å²) in [6, 6.07) is 0. The Balaban J connectivity index is 4.21. The molecule has 0 aromatic heterocycles. The van der Waals surface area contributed by atoms with Crippen molar-refractivity contribution in [3.63, 3.8) is 0 Å². The first kappa shape index (κ1) is 12.4. The topological polar surface area (TPSA) is 87.8 Å². The van der Waals surface area contributed by atoms with Gasteiger partial charge < -0.3 is 14.3 Å². The Labute approximate surface area is 81.6 Å². The molecule has 6 nitrogen and oxygen atoms in total. The number of nitrogens with two attached hydrogens (primary N) is 1. The monoisotopic (exact) mass is 203 g/mol. The molecule has 0 atom stereocenters. The highest BCUT2D eigenvalue weighted by atomic mass is 16.6. The zero-order chi connectivity index (χ0) is 11.1. The quantitative estimate of drug-likeness (QED) is 0.297. The summed E-state index contributed by atoms with van der Waals surface area (Å²) in [5.74, 6) is 3.28. The normalized spacial score (nSPS) is 8.86. The Bertz CT molecular complexity index is 254. The number of hydrogen-bond donors (Lipinski definition) is 1. The van der Waals surface area contributed by atoms with Gasteiger partial charge in [-0.1, -0.05) is 0 Å². The van der Waals surface area contributed by atoms with Crippen molar-refractivity contribution in [2.24, 2.45) is 5.90 Å². The highest BCUT2D eigenvalue weighted by Gasteiger charge is 2.15. The summed E-state index contributed by atoms with van der Waals surface area (Å²) in [6.07, 6.45) is 0. The molecule has 0 aromatic rings. The van der Waals surface area contributed by atoms with E-state index in [0.717, 1.165) is 0 Å². The summed E-state index contributed by atoms with van der Waals surface area (Å²) in [4.78, 5) is 26.0. The zero-order valence-electron chi connectivity index (χ0n) is 8.33. The third kappa shape index (κ3) is 3.90. The molecule has 0 saturated heterocycles. The van der Waals surface area contributed by atoms with Gasteiger partial charge in [0.15, 0.2) is 6.61 Å². The lowest BCUT2D eigenvalue weighted by Crippen LogP contribution is -2.19. The van der Waals surface area contributed by atoms with Crippen molar-refractivity contribution in [3.8, 4) is 0 Å². The highest BCUT2D eigenvalue weighted by molar-refractivity contribution is 5.88. The number of allylic oxidation sites excluding steroid dienone is 1. The number of hydrogen-bond acceptors (Lipinski definition) is 6. The second kappa shape index (κ2) is 5.98. The predicted octanol–water partition coefficient (Wildman–Crippen LogP) is -0.113. The van der Waals surface area contributed by atoms with Crippen LogP contribution in [0.1, 0.15) is 13.8 Å². The fraction of sp³-hybridized carbons (Fsp3) is 0.500. The average Bonchev–Trinajstić information content (AvgIpc) is 2.14. The molecule has 0 heterocycles. The van der Waals surface area contributed by atoms with E-state index in [0.29, 0.717) is 5.57 Å². The first-order valence-electron chi connectivity index (χ1n) is 3.81. The van der Waals surface area contributed by atoms with Crippen LogP contribution in [0.2, 0.25) is 0 Å². The van der Waals surface area contributed by atoms with E-state index in [2.05, 4.69) is 14.3 Å². The molecule has 6 heteroatoms. The summed E-state index contributed by atoms with van der Waals surface area (Å²) in [5.41, 5.74) is 0.558. The maximum atomic E-state index is 11.1. The molecule has 80 valence electrons. The van der Waals surface area contributed by atoms with E-state index in [1.807, 2.05) is 0 Å². The van der Waals surface area contributed by atoms with Crippen LogP contribution in [-0.4, -0.2) is 25.7 Å². The number of esters is 2. The maximum Gasteiger partial charge on any atom is 0.376 e. The molecular weight excluding hydrogens is 190 g/mol. The lowest BCUT2D eigenvalue weighted by Gasteiger charge is -2.06. The Morgan fingerprint density at radius 3 is 2.21 bits per heavy atom. The minimum absolute atomic E-state index is 0.117. The van der Waals surface area contributed by atoms with E-state index in [-0.39, 0.29) is 5.76 Å². The summed E-state index contributed by atoms with van der Waals surface area (Å²) in [7, 11) is 1.19. The molecule has 2 N–H and O–H groups in total. The van der Waals surface area contributed by atoms with Crippen LogP contribution in [0.25, 0.3) is 0 Å². The largest absolute Gasteiger partial charge is 0.466 e. The van der Waals surface area contributed by atoms with Gasteiger partial charge in [0, 0.05) is 0 Å². The smallest absolute Gasteiger partial charge is 0.376 e. The minimum Gasteiger partial charge on any atom is -0.466 e. The standard InChI is InChI=1S/C8H13NO5/c1-5(2)7(14-9)8(11)13-4-6(10)12-3/h4,9H2,1-3H3. The van der Waals surface area contributed by atoms with Gasteiger partial charge in [0.1, 0.15) is 0 Å². The lowest BCUT2D eigenvalue weighted by atomic mass is 10.3. The highest BCUT2D eigenvalue weighted by Crippen LogP contribution is 2.04. The van der Waals surface area contributed by atoms with Crippen LogP contribution >= 0.6 is 0 Å². The van der Waals surface area contributed by atoms with Gasteiger partial charge in [-0.05, 0) is 19.4 Å². The summed E-state index contributed by atoms with van der Waals surface area (Å²) < 4.78 is 8.80. The van der Waals surface area contributed by atoms with Gasteiger partial charge in [-0.15, -0.1) is 0 Å². The molecule has 0 amide bonds. The SMILES string of the molecule is COC(=O)COC(=O)C(ON)=C(C)C. The number of rotatable bonds is 4. The third-order valence-corrected chi connectivity index (χ3v) is 1.31. The van der Waals surface area contributed by atoms with E-state index in [4.69, 9.17) is 5.90 Å². The van der Waals surface area contributed by atoms with Gasteiger partial charge in [0.2, 0.25) is 5.76 Å². The number of carbonyl (C=O) groups excluding carboxylic acids is 2. The first-order valence-corrected chi connectivity index (χ1v) is 3.81. The molecule has 0 fully saturated rings. The molecule has 0 aliphatic rings. The predicted molar refractivity (Wildman–Crippen MR) is 46.6 cm³/mol. The average molecular weight is 203 g/mol. The van der Waals surface area contributed by atoms with Crippen LogP contribution < -0.4 is 5.90 Å². The molecule has 0 bridgehead atoms. The Kier molecular flexibility index (Phi) is 5.31. The molecule has 0 unspecified atom stereocenters. The second-order valence-electron chi connectivity index (χ2n) is 2.60. The Hall–Kier alpha value is -1.56. The van der Waals surface area contributed by atoms with Gasteiger partial charge in [0.05, 0.1) is 7.11 Å². The van der Waals surface area contributed by atoms with Crippen LogP contribution in [0.3, 0.4) is 0 Å². The number of ether oxygens (including phenoxy) is 2. The van der Waals surface area contributed by atoms with Crippen LogP contribution in [0.4, 0.5) is 0 Å². The van der Waals surface area contributed by atoms with Crippen molar-refractivity contribution in [3.05, 3.63) is 11.3 Å². The van der Waals surface area contributed by atoms with E-state index in [9.17, 15) is 9.59 Å². The fourth-order valence-corrected chi connectivity index (χ4v) is 0.619. The first-order chi connectivity index (χ1) is 6.52. The molecule has 0 radical (unpaired) electrons. The second-order valence-corrected chi connectivity index (χ2v) is 2.60. The van der Waals surface area contributed by atoms with Gasteiger partial charge >= 0.3 is 11.9 Å². The van der Waals surface area contributed by atoms with Crippen molar-refractivity contribution in [2.45, 2.75) is 13.8 Å². The van der Waals surface area contributed by atoms with Crippen LogP contribution in [-0.2, 0) is 23.9 Å². The summed E-state index contributed by atoms with van der Waals surface area (Å²) in [5, 5.41) is 0. The maximum absolute atomic E-state index is 11.1. The molecule has 14 heavy (non-hydrogen) atoms. The van der Waals surface area contributed by atoms with Crippen LogP contribution in [0, 0.1) is 0 Å². The van der Waals surface area contributed by atoms with E-state index in [1.165, 1.54) is 7.11 Å². The van der Waals surface area contributed by atoms with Crippen molar-refractivity contribution >= 4 is 11.9 Å². The Morgan fingerprint density at radius 1 is 1.29 bits per heavy atom. The van der Waals surface area contributed by atoms with Crippen molar-refractivity contribution in [1.82, 2.24) is 0 Å². The molecule has 0 aromatic carbocycles. The van der Waals surface area contributed by atoms with Gasteiger partial charge in [-0.3, -0.25) is 0 Å². The third-order valence-electron chi connectivity index (χ3n) is 1.31. The van der Waals surface area contributed by atoms with Crippen LogP contribution in [0.5, 0.6) is 0 Å². The van der Waals surface area contributed by atoms with E-state index >= 15 is 0 Å². The van der Waals surface area contributed by atoms with Crippen molar-refractivity contribution < 1.29 is 23.9 Å². The number of methoxy groups -OCH3 is 1. The van der Waals surface area contributed by atoms with Gasteiger partial charge in [0.25, 0.3) is 0 Å². The van der Waals surface area contributed by atoms with Gasteiger partial charge in [-0.25, -0.2) is 9.59 Å². The molecule has 0 saturated carbocycles. The fourth-order valence-electron chi connectivity index (χ4n) is 0.619. The van der Waals surface area contributed by atoms with Crippen molar-refractivity contribution in [2.75, 3.05) is 13.7 Å². The Morgan fingerprint density at radius 2 is 1.86 bits per heavy atom. The van der Waals surface area contributed by atoms with Crippen LogP contribution in [0.15, 0.2) is 11.3 Å². The molecule has 0 aliphatic heterocycles. The molecule has 0 rings (SSSR count). The zero-order valence-corrected chi connectivity index (χ0v) is 8.33. The molecule has 0 aliphatic carbocycles. The molecule has 0 spiro atoms.